The second kappa shape index (κ2) is 13.4. The highest BCUT2D eigenvalue weighted by Crippen LogP contribution is 2.09. The van der Waals surface area contributed by atoms with Crippen LogP contribution in [0.25, 0.3) is 0 Å². The van der Waals surface area contributed by atoms with E-state index in [4.69, 9.17) is 5.73 Å². The number of benzene rings is 1. The molecule has 2 aromatic rings. The van der Waals surface area contributed by atoms with Crippen molar-refractivity contribution in [3.8, 4) is 0 Å². The Morgan fingerprint density at radius 3 is 2.03 bits per heavy atom. The molecule has 0 bridgehead atoms. The highest BCUT2D eigenvalue weighted by Gasteiger charge is 2.32. The molecule has 0 spiro atoms. The summed E-state index contributed by atoms with van der Waals surface area (Å²) in [4.78, 5) is 57.4. The van der Waals surface area contributed by atoms with Crippen LogP contribution in [0.2, 0.25) is 0 Å². The van der Waals surface area contributed by atoms with Gasteiger partial charge in [0.2, 0.25) is 17.7 Å². The lowest BCUT2D eigenvalue weighted by molar-refractivity contribution is -0.143. The average Bonchev–Trinajstić information content (AvgIpc) is 3.33. The number of carbonyl (C=O) groups is 4. The fourth-order valence-electron chi connectivity index (χ4n) is 3.61. The van der Waals surface area contributed by atoms with E-state index < -0.39 is 47.9 Å². The standard InChI is InChI=1S/C25H36N6O5/c1-14(2)20(30-22(32)18(26)11-17-12-27-13-28-17)24(34)29-19(10-16-8-6-5-7-9-16)23(33)31-21(15(3)4)25(35)36/h5-9,12-15,18-21H,10-11,26H2,1-4H3,(H,27,28)(H,29,34)(H,30,32)(H,31,33)(H,35,36). The Morgan fingerprint density at radius 2 is 1.50 bits per heavy atom. The highest BCUT2D eigenvalue weighted by molar-refractivity contribution is 5.94. The van der Waals surface area contributed by atoms with Crippen LogP contribution >= 0.6 is 0 Å². The molecule has 0 fully saturated rings. The summed E-state index contributed by atoms with van der Waals surface area (Å²) >= 11 is 0. The molecule has 0 aliphatic heterocycles. The van der Waals surface area contributed by atoms with E-state index in [1.807, 2.05) is 6.07 Å². The number of carbonyl (C=O) groups excluding carboxylic acids is 3. The largest absolute Gasteiger partial charge is 0.480 e. The number of imidazole rings is 1. The maximum Gasteiger partial charge on any atom is 0.326 e. The number of nitrogens with two attached hydrogens (primary N) is 1. The summed E-state index contributed by atoms with van der Waals surface area (Å²) in [5.74, 6) is -3.55. The first kappa shape index (κ1) is 28.5. The maximum atomic E-state index is 13.2. The Kier molecular flexibility index (Phi) is 10.6. The molecule has 4 unspecified atom stereocenters. The van der Waals surface area contributed by atoms with Gasteiger partial charge in [-0.25, -0.2) is 9.78 Å². The van der Waals surface area contributed by atoms with Crippen LogP contribution in [0.5, 0.6) is 0 Å². The van der Waals surface area contributed by atoms with E-state index in [1.165, 1.54) is 6.33 Å². The zero-order chi connectivity index (χ0) is 26.8. The van der Waals surface area contributed by atoms with Crippen molar-refractivity contribution in [2.24, 2.45) is 17.6 Å². The second-order valence-corrected chi connectivity index (χ2v) is 9.44. The van der Waals surface area contributed by atoms with E-state index in [0.717, 1.165) is 5.56 Å². The number of rotatable bonds is 13. The van der Waals surface area contributed by atoms with Crippen LogP contribution in [0.3, 0.4) is 0 Å². The lowest BCUT2D eigenvalue weighted by Crippen LogP contribution is -2.59. The molecule has 1 aromatic carbocycles. The smallest absolute Gasteiger partial charge is 0.326 e. The van der Waals surface area contributed by atoms with Crippen molar-refractivity contribution < 1.29 is 24.3 Å². The Hall–Kier alpha value is -3.73. The zero-order valence-electron chi connectivity index (χ0n) is 21.0. The van der Waals surface area contributed by atoms with Crippen molar-refractivity contribution in [3.05, 3.63) is 54.1 Å². The number of nitrogens with zero attached hydrogens (tertiary/aromatic N) is 1. The van der Waals surface area contributed by atoms with Gasteiger partial charge in [0.25, 0.3) is 0 Å². The minimum absolute atomic E-state index is 0.140. The molecular weight excluding hydrogens is 464 g/mol. The van der Waals surface area contributed by atoms with Gasteiger partial charge in [0.1, 0.15) is 18.1 Å². The van der Waals surface area contributed by atoms with E-state index in [9.17, 15) is 24.3 Å². The molecule has 11 nitrogen and oxygen atoms in total. The van der Waals surface area contributed by atoms with Gasteiger partial charge in [-0.3, -0.25) is 14.4 Å². The van der Waals surface area contributed by atoms with Crippen molar-refractivity contribution in [1.29, 1.82) is 0 Å². The number of aromatic amines is 1. The number of hydrogen-bond acceptors (Lipinski definition) is 6. The highest BCUT2D eigenvalue weighted by atomic mass is 16.4. The van der Waals surface area contributed by atoms with Gasteiger partial charge >= 0.3 is 5.97 Å². The molecule has 36 heavy (non-hydrogen) atoms. The van der Waals surface area contributed by atoms with Crippen molar-refractivity contribution in [2.45, 2.75) is 64.7 Å². The Balaban J connectivity index is 2.17. The number of carboxylic acids is 1. The maximum absolute atomic E-state index is 13.2. The van der Waals surface area contributed by atoms with E-state index in [0.29, 0.717) is 5.69 Å². The summed E-state index contributed by atoms with van der Waals surface area (Å²) in [5.41, 5.74) is 7.47. The van der Waals surface area contributed by atoms with Gasteiger partial charge in [-0.2, -0.15) is 0 Å². The molecular formula is C25H36N6O5. The summed E-state index contributed by atoms with van der Waals surface area (Å²) in [6.45, 7) is 6.88. The van der Waals surface area contributed by atoms with Crippen LogP contribution in [0.1, 0.15) is 39.0 Å². The predicted molar refractivity (Wildman–Crippen MR) is 134 cm³/mol. The molecule has 11 heteroatoms. The van der Waals surface area contributed by atoms with Crippen molar-refractivity contribution in [2.75, 3.05) is 0 Å². The average molecular weight is 501 g/mol. The molecule has 0 radical (unpaired) electrons. The van der Waals surface area contributed by atoms with Crippen LogP contribution in [0.4, 0.5) is 0 Å². The summed E-state index contributed by atoms with van der Waals surface area (Å²) < 4.78 is 0. The van der Waals surface area contributed by atoms with E-state index in [1.54, 1.807) is 58.2 Å². The molecule has 0 saturated carbocycles. The molecule has 7 N–H and O–H groups in total. The molecule has 3 amide bonds. The van der Waals surface area contributed by atoms with Crippen molar-refractivity contribution in [1.82, 2.24) is 25.9 Å². The third kappa shape index (κ3) is 8.49. The monoisotopic (exact) mass is 500 g/mol. The van der Waals surface area contributed by atoms with E-state index >= 15 is 0 Å². The summed E-state index contributed by atoms with van der Waals surface area (Å²) in [6.07, 6.45) is 3.40. The van der Waals surface area contributed by atoms with Crippen LogP contribution in [-0.4, -0.2) is 62.9 Å². The number of aromatic nitrogens is 2. The second-order valence-electron chi connectivity index (χ2n) is 9.44. The Bertz CT molecular complexity index is 1010. The minimum atomic E-state index is -1.17. The Labute approximate surface area is 210 Å². The molecule has 2 rings (SSSR count). The first-order valence-corrected chi connectivity index (χ1v) is 11.9. The van der Waals surface area contributed by atoms with Crippen molar-refractivity contribution >= 4 is 23.7 Å². The third-order valence-electron chi connectivity index (χ3n) is 5.72. The van der Waals surface area contributed by atoms with Gasteiger partial charge in [-0.05, 0) is 17.4 Å². The Morgan fingerprint density at radius 1 is 0.889 bits per heavy atom. The van der Waals surface area contributed by atoms with Gasteiger partial charge < -0.3 is 31.8 Å². The van der Waals surface area contributed by atoms with E-state index in [2.05, 4.69) is 25.9 Å². The summed E-state index contributed by atoms with van der Waals surface area (Å²) in [6, 6.07) is 5.00. The topological polar surface area (TPSA) is 179 Å². The molecule has 0 aliphatic rings. The van der Waals surface area contributed by atoms with Crippen LogP contribution < -0.4 is 21.7 Å². The van der Waals surface area contributed by atoms with Gasteiger partial charge in [-0.15, -0.1) is 0 Å². The lowest BCUT2D eigenvalue weighted by Gasteiger charge is -2.27. The summed E-state index contributed by atoms with van der Waals surface area (Å²) in [5, 5.41) is 17.4. The van der Waals surface area contributed by atoms with Crippen LogP contribution in [0.15, 0.2) is 42.9 Å². The molecule has 1 heterocycles. The SMILES string of the molecule is CC(C)C(NC(=O)C(Cc1ccccc1)NC(=O)C(NC(=O)C(N)Cc1cnc[nH]1)C(C)C)C(=O)O. The molecule has 0 aliphatic carbocycles. The summed E-state index contributed by atoms with van der Waals surface area (Å²) in [7, 11) is 0. The first-order valence-electron chi connectivity index (χ1n) is 11.9. The van der Waals surface area contributed by atoms with Crippen molar-refractivity contribution in [3.63, 3.8) is 0 Å². The molecule has 196 valence electrons. The quantitative estimate of drug-likeness (QED) is 0.230. The number of amides is 3. The van der Waals surface area contributed by atoms with E-state index in [-0.39, 0.29) is 24.7 Å². The number of aliphatic carboxylic acids is 1. The number of carboxylic acid groups (broad SMARTS) is 1. The molecule has 4 atom stereocenters. The minimum Gasteiger partial charge on any atom is -0.480 e. The van der Waals surface area contributed by atoms with Gasteiger partial charge in [-0.1, -0.05) is 58.0 Å². The normalized spacial score (nSPS) is 14.5. The fraction of sp³-hybridized carbons (Fsp3) is 0.480. The lowest BCUT2D eigenvalue weighted by atomic mass is 9.99. The van der Waals surface area contributed by atoms with Gasteiger partial charge in [0.15, 0.2) is 0 Å². The number of H-pyrrole nitrogens is 1. The van der Waals surface area contributed by atoms with Crippen LogP contribution in [-0.2, 0) is 32.0 Å². The predicted octanol–water partition coefficient (Wildman–Crippen LogP) is 0.373. The third-order valence-corrected chi connectivity index (χ3v) is 5.72. The number of nitrogens with one attached hydrogen (secondary N) is 4. The first-order chi connectivity index (χ1) is 17.0. The number of hydrogen-bond donors (Lipinski definition) is 6. The zero-order valence-corrected chi connectivity index (χ0v) is 21.0. The van der Waals surface area contributed by atoms with Crippen LogP contribution in [0, 0.1) is 11.8 Å². The fourth-order valence-corrected chi connectivity index (χ4v) is 3.61. The molecule has 1 aromatic heterocycles. The molecule has 0 saturated heterocycles. The van der Waals surface area contributed by atoms with Gasteiger partial charge in [0.05, 0.1) is 12.4 Å². The van der Waals surface area contributed by atoms with Gasteiger partial charge in [0, 0.05) is 24.7 Å².